The lowest BCUT2D eigenvalue weighted by Crippen LogP contribution is -3.06. The van der Waals surface area contributed by atoms with Crippen LogP contribution in [-0.2, 0) is 9.59 Å². The van der Waals surface area contributed by atoms with Crippen molar-refractivity contribution in [1.82, 2.24) is 5.32 Å². The fraction of sp³-hybridized carbons (Fsp3) is 0.300. The molecule has 2 rings (SSSR count). The molecule has 7 heteroatoms. The van der Waals surface area contributed by atoms with Crippen LogP contribution in [0.4, 0.5) is 5.69 Å². The summed E-state index contributed by atoms with van der Waals surface area (Å²) in [5.41, 5.74) is 1.77. The summed E-state index contributed by atoms with van der Waals surface area (Å²) in [5, 5.41) is 6.47. The fourth-order valence-corrected chi connectivity index (χ4v) is 3.30. The number of rotatable bonds is 9. The molecular weight excluding hydrogens is 382 g/mol. The molecule has 0 saturated heterocycles. The lowest BCUT2D eigenvalue weighted by atomic mass is 10.1. The van der Waals surface area contributed by atoms with E-state index in [-0.39, 0.29) is 29.4 Å². The number of nitrogens with one attached hydrogen (secondary N) is 3. The lowest BCUT2D eigenvalue weighted by molar-refractivity contribution is -0.860. The molecule has 27 heavy (non-hydrogen) atoms. The Morgan fingerprint density at radius 1 is 1.00 bits per heavy atom. The number of halogens is 1. The Morgan fingerprint density at radius 2 is 1.63 bits per heavy atom. The van der Waals surface area contributed by atoms with Gasteiger partial charge in [0, 0.05) is 10.7 Å². The molecule has 0 aliphatic carbocycles. The monoisotopic (exact) mass is 406 g/mol. The Labute approximate surface area is 169 Å². The topological polar surface area (TPSA) is 62.6 Å². The van der Waals surface area contributed by atoms with Crippen LogP contribution in [0.25, 0.3) is 0 Å². The van der Waals surface area contributed by atoms with E-state index in [0.29, 0.717) is 10.7 Å². The molecule has 3 N–H and O–H groups in total. The molecule has 0 aliphatic heterocycles. The van der Waals surface area contributed by atoms with Crippen LogP contribution in [0.15, 0.2) is 54.6 Å². The van der Waals surface area contributed by atoms with Crippen molar-refractivity contribution < 1.29 is 14.5 Å². The first-order valence-corrected chi connectivity index (χ1v) is 10.2. The van der Waals surface area contributed by atoms with Gasteiger partial charge in [-0.25, -0.2) is 0 Å². The summed E-state index contributed by atoms with van der Waals surface area (Å²) < 4.78 is 0. The summed E-state index contributed by atoms with van der Waals surface area (Å²) >= 11 is 7.11. The summed E-state index contributed by atoms with van der Waals surface area (Å²) in [6, 6.07) is 16.8. The van der Waals surface area contributed by atoms with E-state index in [1.165, 1.54) is 16.7 Å². The number of amides is 2. The first kappa shape index (κ1) is 21.3. The first-order chi connectivity index (χ1) is 12.9. The molecule has 0 radical (unpaired) electrons. The molecule has 5 nitrogen and oxygen atoms in total. The quantitative estimate of drug-likeness (QED) is 0.597. The maximum Gasteiger partial charge on any atom is 0.234 e. The van der Waals surface area contributed by atoms with Crippen LogP contribution in [0.5, 0.6) is 0 Å². The largest absolute Gasteiger partial charge is 0.343 e. The zero-order chi connectivity index (χ0) is 19.6. The van der Waals surface area contributed by atoms with E-state index in [0.717, 1.165) is 12.1 Å². The maximum atomic E-state index is 12.3. The zero-order valence-electron chi connectivity index (χ0n) is 15.5. The SMILES string of the molecule is C[NH+](C)C[C@H](NC(=O)CSCC(=O)Nc1ccc(Cl)cc1)c1ccccc1. The van der Waals surface area contributed by atoms with Gasteiger partial charge in [0.15, 0.2) is 0 Å². The Balaban J connectivity index is 1.78. The minimum Gasteiger partial charge on any atom is -0.343 e. The van der Waals surface area contributed by atoms with Gasteiger partial charge in [-0.1, -0.05) is 41.9 Å². The van der Waals surface area contributed by atoms with Crippen molar-refractivity contribution in [3.05, 3.63) is 65.2 Å². The van der Waals surface area contributed by atoms with E-state index >= 15 is 0 Å². The van der Waals surface area contributed by atoms with Crippen molar-refractivity contribution in [3.8, 4) is 0 Å². The molecule has 144 valence electrons. The van der Waals surface area contributed by atoms with Gasteiger partial charge < -0.3 is 15.5 Å². The van der Waals surface area contributed by atoms with Crippen LogP contribution in [-0.4, -0.2) is 44.0 Å². The van der Waals surface area contributed by atoms with Crippen LogP contribution < -0.4 is 15.5 Å². The van der Waals surface area contributed by atoms with Gasteiger partial charge in [0.2, 0.25) is 11.8 Å². The molecule has 0 saturated carbocycles. The van der Waals surface area contributed by atoms with E-state index < -0.39 is 0 Å². The van der Waals surface area contributed by atoms with Crippen LogP contribution in [0.1, 0.15) is 11.6 Å². The number of hydrogen-bond donors (Lipinski definition) is 3. The van der Waals surface area contributed by atoms with E-state index in [9.17, 15) is 9.59 Å². The average molecular weight is 407 g/mol. The van der Waals surface area contributed by atoms with Crippen molar-refractivity contribution in [3.63, 3.8) is 0 Å². The van der Waals surface area contributed by atoms with Crippen molar-refractivity contribution in [2.45, 2.75) is 6.04 Å². The number of thioether (sulfide) groups is 1. The van der Waals surface area contributed by atoms with Gasteiger partial charge in [-0.05, 0) is 29.8 Å². The van der Waals surface area contributed by atoms with Crippen molar-refractivity contribution >= 4 is 40.9 Å². The van der Waals surface area contributed by atoms with Crippen molar-refractivity contribution in [2.24, 2.45) is 0 Å². The Morgan fingerprint density at radius 3 is 2.26 bits per heavy atom. The summed E-state index contributed by atoms with van der Waals surface area (Å²) in [6.45, 7) is 0.789. The number of carbonyl (C=O) groups is 2. The number of likely N-dealkylation sites (N-methyl/N-ethyl adjacent to an activating group) is 1. The van der Waals surface area contributed by atoms with Crippen molar-refractivity contribution in [1.29, 1.82) is 0 Å². The highest BCUT2D eigenvalue weighted by Crippen LogP contribution is 2.14. The van der Waals surface area contributed by atoms with E-state index in [2.05, 4.69) is 24.7 Å². The van der Waals surface area contributed by atoms with Gasteiger partial charge in [-0.2, -0.15) is 0 Å². The normalized spacial score (nSPS) is 11.9. The highest BCUT2D eigenvalue weighted by Gasteiger charge is 2.17. The number of hydrogen-bond acceptors (Lipinski definition) is 3. The molecule has 2 amide bonds. The standard InChI is InChI=1S/C20H24ClN3O2S/c1-24(2)12-18(15-6-4-3-5-7-15)23-20(26)14-27-13-19(25)22-17-10-8-16(21)9-11-17/h3-11,18H,12-14H2,1-2H3,(H,22,25)(H,23,26)/p+1/t18-/m0/s1. The third-order valence-electron chi connectivity index (χ3n) is 3.74. The van der Waals surface area contributed by atoms with E-state index in [1.807, 2.05) is 30.3 Å². The molecule has 0 bridgehead atoms. The van der Waals surface area contributed by atoms with Crippen LogP contribution in [0.3, 0.4) is 0 Å². The van der Waals surface area contributed by atoms with Gasteiger partial charge in [0.1, 0.15) is 12.6 Å². The molecular formula is C20H25ClN3O2S+. The summed E-state index contributed by atoms with van der Waals surface area (Å²) in [5.74, 6) is 0.229. The van der Waals surface area contributed by atoms with Gasteiger partial charge in [-0.15, -0.1) is 11.8 Å². The summed E-state index contributed by atoms with van der Waals surface area (Å²) in [6.07, 6.45) is 0. The summed E-state index contributed by atoms with van der Waals surface area (Å²) in [4.78, 5) is 25.5. The Kier molecular flexibility index (Phi) is 8.64. The Bertz CT molecular complexity index is 739. The number of quaternary nitrogens is 1. The molecule has 0 fully saturated rings. The first-order valence-electron chi connectivity index (χ1n) is 8.70. The zero-order valence-corrected chi connectivity index (χ0v) is 17.1. The molecule has 1 atom stereocenters. The number of carbonyl (C=O) groups excluding carboxylic acids is 2. The number of anilines is 1. The van der Waals surface area contributed by atoms with Gasteiger partial charge in [0.05, 0.1) is 25.6 Å². The fourth-order valence-electron chi connectivity index (χ4n) is 2.55. The lowest BCUT2D eigenvalue weighted by Gasteiger charge is -2.20. The van der Waals surface area contributed by atoms with Gasteiger partial charge in [0.25, 0.3) is 0 Å². The maximum absolute atomic E-state index is 12.3. The van der Waals surface area contributed by atoms with Crippen molar-refractivity contribution in [2.75, 3.05) is 37.5 Å². The second-order valence-electron chi connectivity index (χ2n) is 6.49. The van der Waals surface area contributed by atoms with Gasteiger partial charge >= 0.3 is 0 Å². The molecule has 0 aromatic heterocycles. The second kappa shape index (κ2) is 11.0. The second-order valence-corrected chi connectivity index (χ2v) is 7.91. The highest BCUT2D eigenvalue weighted by molar-refractivity contribution is 8.00. The highest BCUT2D eigenvalue weighted by atomic mass is 35.5. The molecule has 0 spiro atoms. The average Bonchev–Trinajstić information content (AvgIpc) is 2.63. The molecule has 0 unspecified atom stereocenters. The van der Waals surface area contributed by atoms with Gasteiger partial charge in [-0.3, -0.25) is 9.59 Å². The molecule has 0 aliphatic rings. The number of benzene rings is 2. The van der Waals surface area contributed by atoms with Crippen LogP contribution >= 0.6 is 23.4 Å². The molecule has 2 aromatic carbocycles. The van der Waals surface area contributed by atoms with E-state index in [4.69, 9.17) is 11.6 Å². The summed E-state index contributed by atoms with van der Waals surface area (Å²) in [7, 11) is 4.11. The minimum atomic E-state index is -0.146. The smallest absolute Gasteiger partial charge is 0.234 e. The Hall–Kier alpha value is -2.02. The minimum absolute atomic E-state index is 0.0489. The molecule has 2 aromatic rings. The predicted molar refractivity (Wildman–Crippen MR) is 112 cm³/mol. The van der Waals surface area contributed by atoms with E-state index in [1.54, 1.807) is 24.3 Å². The third kappa shape index (κ3) is 8.03. The van der Waals surface area contributed by atoms with Crippen LogP contribution in [0.2, 0.25) is 5.02 Å². The van der Waals surface area contributed by atoms with Crippen LogP contribution in [0, 0.1) is 0 Å². The third-order valence-corrected chi connectivity index (χ3v) is 4.93. The predicted octanol–water partition coefficient (Wildman–Crippen LogP) is 2.01. The molecule has 0 heterocycles.